The van der Waals surface area contributed by atoms with Crippen LogP contribution >= 0.6 is 0 Å². The second kappa shape index (κ2) is 6.00. The van der Waals surface area contributed by atoms with Gasteiger partial charge in [-0.05, 0) is 43.4 Å². The normalized spacial score (nSPS) is 16.1. The predicted molar refractivity (Wildman–Crippen MR) is 67.3 cm³/mol. The molecular formula is C14H22N2. The molecule has 2 heteroatoms. The number of pyridine rings is 1. The minimum atomic E-state index is 0.724. The van der Waals surface area contributed by atoms with Crippen LogP contribution in [0.5, 0.6) is 0 Å². The number of aromatic nitrogens is 1. The smallest absolute Gasteiger partial charge is 0.0436 e. The van der Waals surface area contributed by atoms with E-state index in [9.17, 15) is 0 Å². The second-order valence-electron chi connectivity index (χ2n) is 4.84. The molecule has 16 heavy (non-hydrogen) atoms. The van der Waals surface area contributed by atoms with Crippen LogP contribution in [0.25, 0.3) is 0 Å². The average Bonchev–Trinajstić information content (AvgIpc) is 2.24. The van der Waals surface area contributed by atoms with Gasteiger partial charge in [-0.2, -0.15) is 0 Å². The topological polar surface area (TPSA) is 38.9 Å². The zero-order chi connectivity index (χ0) is 11.2. The maximum absolute atomic E-state index is 5.61. The molecule has 0 spiro atoms. The van der Waals surface area contributed by atoms with E-state index in [-0.39, 0.29) is 0 Å². The Bertz CT molecular complexity index is 318. The highest BCUT2D eigenvalue weighted by Crippen LogP contribution is 2.30. The molecule has 1 aliphatic rings. The van der Waals surface area contributed by atoms with Gasteiger partial charge in [0.15, 0.2) is 0 Å². The third-order valence-corrected chi connectivity index (χ3v) is 3.65. The molecule has 0 saturated heterocycles. The van der Waals surface area contributed by atoms with E-state index in [4.69, 9.17) is 5.73 Å². The van der Waals surface area contributed by atoms with Crippen molar-refractivity contribution in [2.75, 3.05) is 6.54 Å². The summed E-state index contributed by atoms with van der Waals surface area (Å²) in [5.74, 6) is 1.02. The number of aryl methyl sites for hydroxylation is 1. The van der Waals surface area contributed by atoms with Gasteiger partial charge in [0.1, 0.15) is 0 Å². The van der Waals surface area contributed by atoms with Crippen LogP contribution in [-0.4, -0.2) is 11.5 Å². The van der Waals surface area contributed by atoms with Gasteiger partial charge in [0.2, 0.25) is 0 Å². The average molecular weight is 218 g/mol. The SMILES string of the molecule is NCCc1cccnc1CCCC1CCC1. The Labute approximate surface area is 98.3 Å². The van der Waals surface area contributed by atoms with Gasteiger partial charge in [-0.1, -0.05) is 31.7 Å². The van der Waals surface area contributed by atoms with Gasteiger partial charge in [-0.25, -0.2) is 0 Å². The molecule has 0 aromatic carbocycles. The fraction of sp³-hybridized carbons (Fsp3) is 0.643. The highest BCUT2D eigenvalue weighted by atomic mass is 14.7. The summed E-state index contributed by atoms with van der Waals surface area (Å²) in [4.78, 5) is 4.48. The minimum absolute atomic E-state index is 0.724. The predicted octanol–water partition coefficient (Wildman–Crippen LogP) is 2.71. The lowest BCUT2D eigenvalue weighted by Crippen LogP contribution is -2.11. The van der Waals surface area contributed by atoms with E-state index in [1.807, 2.05) is 12.3 Å². The molecular weight excluding hydrogens is 196 g/mol. The van der Waals surface area contributed by atoms with Crippen LogP contribution < -0.4 is 5.73 Å². The van der Waals surface area contributed by atoms with Crippen LogP contribution in [0.4, 0.5) is 0 Å². The largest absolute Gasteiger partial charge is 0.330 e. The Morgan fingerprint density at radius 3 is 2.88 bits per heavy atom. The molecule has 2 N–H and O–H groups in total. The van der Waals surface area contributed by atoms with E-state index in [2.05, 4.69) is 11.1 Å². The lowest BCUT2D eigenvalue weighted by Gasteiger charge is -2.25. The van der Waals surface area contributed by atoms with Crippen LogP contribution in [0.3, 0.4) is 0 Å². The zero-order valence-corrected chi connectivity index (χ0v) is 9.99. The summed E-state index contributed by atoms with van der Waals surface area (Å²) in [6, 6.07) is 4.18. The molecule has 1 aliphatic carbocycles. The molecule has 1 saturated carbocycles. The molecule has 88 valence electrons. The first kappa shape index (κ1) is 11.6. The molecule has 1 aromatic heterocycles. The van der Waals surface area contributed by atoms with Gasteiger partial charge in [-0.3, -0.25) is 4.98 Å². The molecule has 0 unspecified atom stereocenters. The van der Waals surface area contributed by atoms with Crippen LogP contribution in [0.2, 0.25) is 0 Å². The first-order valence-electron chi connectivity index (χ1n) is 6.53. The molecule has 0 bridgehead atoms. The molecule has 1 heterocycles. The van der Waals surface area contributed by atoms with Gasteiger partial charge in [0, 0.05) is 11.9 Å². The summed E-state index contributed by atoms with van der Waals surface area (Å²) >= 11 is 0. The zero-order valence-electron chi connectivity index (χ0n) is 9.99. The van der Waals surface area contributed by atoms with Gasteiger partial charge >= 0.3 is 0 Å². The highest BCUT2D eigenvalue weighted by Gasteiger charge is 2.16. The Morgan fingerprint density at radius 1 is 1.31 bits per heavy atom. The van der Waals surface area contributed by atoms with Crippen LogP contribution in [0.15, 0.2) is 18.3 Å². The van der Waals surface area contributed by atoms with Crippen molar-refractivity contribution in [1.29, 1.82) is 0 Å². The van der Waals surface area contributed by atoms with E-state index in [0.717, 1.165) is 25.3 Å². The molecule has 2 rings (SSSR count). The van der Waals surface area contributed by atoms with E-state index in [1.165, 1.54) is 43.4 Å². The van der Waals surface area contributed by atoms with Crippen LogP contribution in [0.1, 0.15) is 43.4 Å². The third kappa shape index (κ3) is 3.05. The molecule has 1 fully saturated rings. The van der Waals surface area contributed by atoms with Gasteiger partial charge in [-0.15, -0.1) is 0 Å². The fourth-order valence-electron chi connectivity index (χ4n) is 2.42. The summed E-state index contributed by atoms with van der Waals surface area (Å²) in [5.41, 5.74) is 8.23. The van der Waals surface area contributed by atoms with Crippen molar-refractivity contribution in [2.24, 2.45) is 11.7 Å². The lowest BCUT2D eigenvalue weighted by atomic mass is 9.81. The summed E-state index contributed by atoms with van der Waals surface area (Å²) in [6.45, 7) is 0.724. The number of hydrogen-bond donors (Lipinski definition) is 1. The lowest BCUT2D eigenvalue weighted by molar-refractivity contribution is 0.289. The quantitative estimate of drug-likeness (QED) is 0.797. The summed E-state index contributed by atoms with van der Waals surface area (Å²) in [5, 5.41) is 0. The maximum Gasteiger partial charge on any atom is 0.0436 e. The van der Waals surface area contributed by atoms with Crippen molar-refractivity contribution < 1.29 is 0 Å². The molecule has 2 nitrogen and oxygen atoms in total. The highest BCUT2D eigenvalue weighted by molar-refractivity contribution is 5.20. The first-order chi connectivity index (χ1) is 7.90. The van der Waals surface area contributed by atoms with Crippen LogP contribution in [-0.2, 0) is 12.8 Å². The minimum Gasteiger partial charge on any atom is -0.330 e. The maximum atomic E-state index is 5.61. The third-order valence-electron chi connectivity index (χ3n) is 3.65. The number of nitrogens with zero attached hydrogens (tertiary/aromatic N) is 1. The van der Waals surface area contributed by atoms with E-state index in [1.54, 1.807) is 0 Å². The van der Waals surface area contributed by atoms with Crippen molar-refractivity contribution >= 4 is 0 Å². The van der Waals surface area contributed by atoms with Crippen LogP contribution in [0, 0.1) is 5.92 Å². The summed E-state index contributed by atoms with van der Waals surface area (Å²) < 4.78 is 0. The van der Waals surface area contributed by atoms with Crippen molar-refractivity contribution in [3.63, 3.8) is 0 Å². The molecule has 0 amide bonds. The van der Waals surface area contributed by atoms with Crippen molar-refractivity contribution in [2.45, 2.75) is 44.9 Å². The number of nitrogens with two attached hydrogens (primary N) is 1. The fourth-order valence-corrected chi connectivity index (χ4v) is 2.42. The summed E-state index contributed by atoms with van der Waals surface area (Å²) in [6.07, 6.45) is 11.0. The molecule has 1 aromatic rings. The second-order valence-corrected chi connectivity index (χ2v) is 4.84. The van der Waals surface area contributed by atoms with E-state index < -0.39 is 0 Å². The standard InChI is InChI=1S/C14H22N2/c15-10-9-13-7-3-11-16-14(13)8-2-6-12-4-1-5-12/h3,7,11-12H,1-2,4-6,8-10,15H2. The van der Waals surface area contributed by atoms with Gasteiger partial charge in [0.25, 0.3) is 0 Å². The summed E-state index contributed by atoms with van der Waals surface area (Å²) in [7, 11) is 0. The van der Waals surface area contributed by atoms with Gasteiger partial charge in [0.05, 0.1) is 0 Å². The molecule has 0 atom stereocenters. The van der Waals surface area contributed by atoms with E-state index in [0.29, 0.717) is 0 Å². The van der Waals surface area contributed by atoms with E-state index >= 15 is 0 Å². The number of rotatable bonds is 6. The Kier molecular flexibility index (Phi) is 4.34. The van der Waals surface area contributed by atoms with Crippen molar-refractivity contribution in [3.8, 4) is 0 Å². The van der Waals surface area contributed by atoms with Crippen molar-refractivity contribution in [1.82, 2.24) is 4.98 Å². The molecule has 0 radical (unpaired) electrons. The monoisotopic (exact) mass is 218 g/mol. The van der Waals surface area contributed by atoms with Gasteiger partial charge < -0.3 is 5.73 Å². The molecule has 0 aliphatic heterocycles. The Morgan fingerprint density at radius 2 is 2.19 bits per heavy atom. The van der Waals surface area contributed by atoms with Crippen molar-refractivity contribution in [3.05, 3.63) is 29.6 Å². The Balaban J connectivity index is 1.82. The number of hydrogen-bond acceptors (Lipinski definition) is 2. The Hall–Kier alpha value is -0.890. The first-order valence-corrected chi connectivity index (χ1v) is 6.53.